The summed E-state index contributed by atoms with van der Waals surface area (Å²) in [5, 5.41) is 0. The van der Waals surface area contributed by atoms with Crippen LogP contribution < -0.4 is 10.9 Å². The topological polar surface area (TPSA) is 53.6 Å². The van der Waals surface area contributed by atoms with Gasteiger partial charge in [-0.25, -0.2) is 5.43 Å². The van der Waals surface area contributed by atoms with Gasteiger partial charge in [-0.2, -0.15) is 0 Å². The highest BCUT2D eigenvalue weighted by molar-refractivity contribution is 5.76. The molecular formula is C10H21N3O2. The van der Waals surface area contributed by atoms with Crippen LogP contribution in [0.2, 0.25) is 0 Å². The van der Waals surface area contributed by atoms with Gasteiger partial charge in [0.25, 0.3) is 5.91 Å². The highest BCUT2D eigenvalue weighted by Gasteiger charge is 2.16. The van der Waals surface area contributed by atoms with Crippen molar-refractivity contribution in [1.29, 1.82) is 0 Å². The lowest BCUT2D eigenvalue weighted by Gasteiger charge is -2.28. The summed E-state index contributed by atoms with van der Waals surface area (Å²) in [5.41, 5.74) is 5.04. The molecule has 88 valence electrons. The van der Waals surface area contributed by atoms with Crippen molar-refractivity contribution < 1.29 is 9.53 Å². The number of carbonyl (C=O) groups excluding carboxylic acids is 1. The number of piperidine rings is 1. The SMILES string of the molecule is CNNC(=O)COCC1CCN(C)CC1. The van der Waals surface area contributed by atoms with Crippen LogP contribution >= 0.6 is 0 Å². The molecule has 0 saturated carbocycles. The van der Waals surface area contributed by atoms with Crippen LogP contribution in [0.25, 0.3) is 0 Å². The molecule has 1 rings (SSSR count). The second-order valence-electron chi connectivity index (χ2n) is 4.06. The van der Waals surface area contributed by atoms with Crippen LogP contribution in [0.4, 0.5) is 0 Å². The van der Waals surface area contributed by atoms with E-state index < -0.39 is 0 Å². The number of hydrazine groups is 1. The smallest absolute Gasteiger partial charge is 0.260 e. The van der Waals surface area contributed by atoms with Gasteiger partial charge in [0, 0.05) is 7.05 Å². The molecular weight excluding hydrogens is 194 g/mol. The molecule has 0 aliphatic carbocycles. The van der Waals surface area contributed by atoms with Crippen LogP contribution in [-0.4, -0.2) is 51.2 Å². The van der Waals surface area contributed by atoms with Crippen molar-refractivity contribution in [2.24, 2.45) is 5.92 Å². The third-order valence-corrected chi connectivity index (χ3v) is 2.69. The second-order valence-corrected chi connectivity index (χ2v) is 4.06. The average molecular weight is 215 g/mol. The molecule has 1 aliphatic rings. The second kappa shape index (κ2) is 6.76. The Morgan fingerprint density at radius 3 is 2.73 bits per heavy atom. The normalized spacial score (nSPS) is 19.1. The predicted octanol–water partition coefficient (Wildman–Crippen LogP) is -0.405. The first kappa shape index (κ1) is 12.4. The van der Waals surface area contributed by atoms with E-state index in [1.807, 2.05) is 0 Å². The van der Waals surface area contributed by atoms with Gasteiger partial charge in [-0.15, -0.1) is 0 Å². The standard InChI is InChI=1S/C10H21N3O2/c1-11-12-10(14)8-15-7-9-3-5-13(2)6-4-9/h9,11H,3-8H2,1-2H3,(H,12,14). The van der Waals surface area contributed by atoms with Crippen LogP contribution in [-0.2, 0) is 9.53 Å². The summed E-state index contributed by atoms with van der Waals surface area (Å²) in [4.78, 5) is 13.4. The monoisotopic (exact) mass is 215 g/mol. The molecule has 1 saturated heterocycles. The number of rotatable bonds is 5. The van der Waals surface area contributed by atoms with Crippen LogP contribution in [0.3, 0.4) is 0 Å². The summed E-state index contributed by atoms with van der Waals surface area (Å²) >= 11 is 0. The summed E-state index contributed by atoms with van der Waals surface area (Å²) < 4.78 is 5.35. The van der Waals surface area contributed by atoms with E-state index in [9.17, 15) is 4.79 Å². The minimum absolute atomic E-state index is 0.120. The predicted molar refractivity (Wildman–Crippen MR) is 58.2 cm³/mol. The Kier molecular flexibility index (Phi) is 5.60. The van der Waals surface area contributed by atoms with Gasteiger partial charge in [-0.3, -0.25) is 10.2 Å². The number of carbonyl (C=O) groups is 1. The average Bonchev–Trinajstić information content (AvgIpc) is 2.21. The molecule has 0 spiro atoms. The van der Waals surface area contributed by atoms with Crippen LogP contribution in [0.1, 0.15) is 12.8 Å². The van der Waals surface area contributed by atoms with E-state index in [1.165, 1.54) is 12.8 Å². The summed E-state index contributed by atoms with van der Waals surface area (Å²) in [7, 11) is 3.80. The number of amides is 1. The Morgan fingerprint density at radius 1 is 1.47 bits per heavy atom. The minimum atomic E-state index is -0.120. The number of hydrogen-bond acceptors (Lipinski definition) is 4. The third kappa shape index (κ3) is 5.11. The minimum Gasteiger partial charge on any atom is -0.371 e. The number of nitrogens with one attached hydrogen (secondary N) is 2. The van der Waals surface area contributed by atoms with Gasteiger partial charge in [0.1, 0.15) is 6.61 Å². The molecule has 0 aromatic carbocycles. The maximum atomic E-state index is 11.0. The molecule has 0 aromatic rings. The summed E-state index contributed by atoms with van der Waals surface area (Å²) in [6, 6.07) is 0. The zero-order chi connectivity index (χ0) is 11.1. The first-order valence-corrected chi connectivity index (χ1v) is 5.44. The van der Waals surface area contributed by atoms with Gasteiger partial charge >= 0.3 is 0 Å². The van der Waals surface area contributed by atoms with E-state index in [0.29, 0.717) is 12.5 Å². The molecule has 1 fully saturated rings. The maximum absolute atomic E-state index is 11.0. The molecule has 0 aromatic heterocycles. The van der Waals surface area contributed by atoms with Gasteiger partial charge in [0.05, 0.1) is 6.61 Å². The van der Waals surface area contributed by atoms with Gasteiger partial charge < -0.3 is 9.64 Å². The molecule has 1 amide bonds. The fraction of sp³-hybridized carbons (Fsp3) is 0.900. The number of likely N-dealkylation sites (tertiary alicyclic amines) is 1. The third-order valence-electron chi connectivity index (χ3n) is 2.69. The molecule has 15 heavy (non-hydrogen) atoms. The first-order chi connectivity index (χ1) is 7.22. The van der Waals surface area contributed by atoms with E-state index in [1.54, 1.807) is 7.05 Å². The molecule has 2 N–H and O–H groups in total. The van der Waals surface area contributed by atoms with Crippen molar-refractivity contribution >= 4 is 5.91 Å². The Labute approximate surface area is 91.1 Å². The highest BCUT2D eigenvalue weighted by atomic mass is 16.5. The van der Waals surface area contributed by atoms with Crippen molar-refractivity contribution in [3.8, 4) is 0 Å². The summed E-state index contributed by atoms with van der Waals surface area (Å²) in [6.45, 7) is 3.12. The number of ether oxygens (including phenoxy) is 1. The van der Waals surface area contributed by atoms with Gasteiger partial charge in [0.15, 0.2) is 0 Å². The largest absolute Gasteiger partial charge is 0.371 e. The van der Waals surface area contributed by atoms with Crippen molar-refractivity contribution in [2.75, 3.05) is 40.4 Å². The van der Waals surface area contributed by atoms with Crippen molar-refractivity contribution in [2.45, 2.75) is 12.8 Å². The van der Waals surface area contributed by atoms with Crippen molar-refractivity contribution in [3.05, 3.63) is 0 Å². The Hall–Kier alpha value is -0.650. The Bertz CT molecular complexity index is 191. The van der Waals surface area contributed by atoms with E-state index in [2.05, 4.69) is 22.8 Å². The Morgan fingerprint density at radius 2 is 2.13 bits per heavy atom. The lowest BCUT2D eigenvalue weighted by Crippen LogP contribution is -2.37. The number of hydrogen-bond donors (Lipinski definition) is 2. The van der Waals surface area contributed by atoms with Gasteiger partial charge in [0.2, 0.25) is 0 Å². The maximum Gasteiger partial charge on any atom is 0.260 e. The van der Waals surface area contributed by atoms with Crippen molar-refractivity contribution in [1.82, 2.24) is 15.8 Å². The fourth-order valence-electron chi connectivity index (χ4n) is 1.72. The molecule has 0 unspecified atom stereocenters. The molecule has 0 bridgehead atoms. The van der Waals surface area contributed by atoms with Crippen LogP contribution in [0.5, 0.6) is 0 Å². The van der Waals surface area contributed by atoms with Crippen LogP contribution in [0.15, 0.2) is 0 Å². The molecule has 0 radical (unpaired) electrons. The van der Waals surface area contributed by atoms with E-state index in [0.717, 1.165) is 13.1 Å². The lowest BCUT2D eigenvalue weighted by atomic mass is 9.98. The van der Waals surface area contributed by atoms with E-state index in [-0.39, 0.29) is 12.5 Å². The first-order valence-electron chi connectivity index (χ1n) is 5.44. The van der Waals surface area contributed by atoms with Crippen LogP contribution in [0, 0.1) is 5.92 Å². The molecule has 1 heterocycles. The van der Waals surface area contributed by atoms with Crippen molar-refractivity contribution in [3.63, 3.8) is 0 Å². The molecule has 1 aliphatic heterocycles. The molecule has 0 atom stereocenters. The van der Waals surface area contributed by atoms with Gasteiger partial charge in [-0.05, 0) is 38.9 Å². The highest BCUT2D eigenvalue weighted by Crippen LogP contribution is 2.15. The molecule has 5 heteroatoms. The lowest BCUT2D eigenvalue weighted by molar-refractivity contribution is -0.127. The van der Waals surface area contributed by atoms with Gasteiger partial charge in [-0.1, -0.05) is 0 Å². The molecule has 5 nitrogen and oxygen atoms in total. The van der Waals surface area contributed by atoms with E-state index >= 15 is 0 Å². The van der Waals surface area contributed by atoms with E-state index in [4.69, 9.17) is 4.74 Å². The summed E-state index contributed by atoms with van der Waals surface area (Å²) in [5.74, 6) is 0.494. The fourth-order valence-corrected chi connectivity index (χ4v) is 1.72. The zero-order valence-electron chi connectivity index (χ0n) is 9.58. The zero-order valence-corrected chi connectivity index (χ0v) is 9.58. The Balaban J connectivity index is 2.02. The quantitative estimate of drug-likeness (QED) is 0.613. The summed E-state index contributed by atoms with van der Waals surface area (Å²) in [6.07, 6.45) is 2.34. The number of nitrogens with zero attached hydrogens (tertiary/aromatic N) is 1.